The van der Waals surface area contributed by atoms with Crippen LogP contribution < -0.4 is 14.4 Å². The van der Waals surface area contributed by atoms with Crippen LogP contribution in [0.25, 0.3) is 10.9 Å². The van der Waals surface area contributed by atoms with Crippen molar-refractivity contribution >= 4 is 25.1 Å². The van der Waals surface area contributed by atoms with E-state index in [1.807, 2.05) is 12.1 Å². The Morgan fingerprint density at radius 3 is 2.62 bits per heavy atom. The predicted octanol–water partition coefficient (Wildman–Crippen LogP) is 2.26. The minimum atomic E-state index is -1.77. The molecule has 1 fully saturated rings. The standard InChI is InChI=1S/C16H20N3O4P/c20-24(21)6-3-11-1-4-19(5-2-11)16-12-7-14-15(23-10-22-14)8-13(12)17-9-18-16/h7-9,11,20-21H,1-6,10H2. The number of hydrogen-bond acceptors (Lipinski definition) is 7. The van der Waals surface area contributed by atoms with Crippen molar-refractivity contribution in [1.82, 2.24) is 9.97 Å². The van der Waals surface area contributed by atoms with Crippen molar-refractivity contribution < 1.29 is 19.3 Å². The van der Waals surface area contributed by atoms with Crippen LogP contribution in [-0.4, -0.2) is 45.8 Å². The van der Waals surface area contributed by atoms with Crippen LogP contribution in [0, 0.1) is 5.92 Å². The molecule has 0 saturated carbocycles. The lowest BCUT2D eigenvalue weighted by Gasteiger charge is -2.33. The number of nitrogens with zero attached hydrogens (tertiary/aromatic N) is 3. The summed E-state index contributed by atoms with van der Waals surface area (Å²) in [5.41, 5.74) is 0.859. The van der Waals surface area contributed by atoms with Gasteiger partial charge in [-0.3, -0.25) is 0 Å². The Morgan fingerprint density at radius 2 is 1.88 bits per heavy atom. The summed E-state index contributed by atoms with van der Waals surface area (Å²) >= 11 is 0. The Kier molecular flexibility index (Phi) is 4.39. The maximum atomic E-state index is 9.08. The number of piperidine rings is 1. The summed E-state index contributed by atoms with van der Waals surface area (Å²) in [5.74, 6) is 2.96. The van der Waals surface area contributed by atoms with Gasteiger partial charge in [0.05, 0.1) is 5.52 Å². The van der Waals surface area contributed by atoms with Gasteiger partial charge in [0.15, 0.2) is 19.9 Å². The summed E-state index contributed by atoms with van der Waals surface area (Å²) < 4.78 is 10.9. The van der Waals surface area contributed by atoms with Crippen LogP contribution in [-0.2, 0) is 0 Å². The van der Waals surface area contributed by atoms with Crippen molar-refractivity contribution in [3.63, 3.8) is 0 Å². The second-order valence-electron chi connectivity index (χ2n) is 6.23. The van der Waals surface area contributed by atoms with Crippen molar-refractivity contribution in [2.24, 2.45) is 5.92 Å². The van der Waals surface area contributed by atoms with Crippen molar-refractivity contribution in [1.29, 1.82) is 0 Å². The second-order valence-corrected chi connectivity index (χ2v) is 7.43. The molecule has 2 N–H and O–H groups in total. The predicted molar refractivity (Wildman–Crippen MR) is 91.4 cm³/mol. The van der Waals surface area contributed by atoms with Gasteiger partial charge in [-0.25, -0.2) is 9.97 Å². The lowest BCUT2D eigenvalue weighted by Crippen LogP contribution is -2.34. The highest BCUT2D eigenvalue weighted by molar-refractivity contribution is 7.45. The lowest BCUT2D eigenvalue weighted by molar-refractivity contribution is 0.174. The van der Waals surface area contributed by atoms with Gasteiger partial charge in [-0.1, -0.05) is 0 Å². The van der Waals surface area contributed by atoms with E-state index in [1.54, 1.807) is 6.33 Å². The van der Waals surface area contributed by atoms with Crippen molar-refractivity contribution in [2.75, 3.05) is 30.9 Å². The smallest absolute Gasteiger partial charge is 0.231 e. The number of rotatable bonds is 4. The Bertz CT molecular complexity index is 735. The van der Waals surface area contributed by atoms with Crippen LogP contribution >= 0.6 is 8.38 Å². The van der Waals surface area contributed by atoms with Crippen molar-refractivity contribution in [2.45, 2.75) is 19.3 Å². The fraction of sp³-hybridized carbons (Fsp3) is 0.500. The first-order chi connectivity index (χ1) is 11.7. The van der Waals surface area contributed by atoms with Gasteiger partial charge in [0.25, 0.3) is 0 Å². The molecule has 7 nitrogen and oxygen atoms in total. The van der Waals surface area contributed by atoms with Crippen LogP contribution in [0.2, 0.25) is 0 Å². The fourth-order valence-corrected chi connectivity index (χ4v) is 4.01. The normalized spacial score (nSPS) is 17.9. The Hall–Kier alpha value is -1.69. The quantitative estimate of drug-likeness (QED) is 0.819. The van der Waals surface area contributed by atoms with Gasteiger partial charge < -0.3 is 24.2 Å². The van der Waals surface area contributed by atoms with E-state index in [0.29, 0.717) is 12.1 Å². The van der Waals surface area contributed by atoms with E-state index < -0.39 is 8.38 Å². The number of fused-ring (bicyclic) bond motifs is 2. The molecule has 0 amide bonds. The molecule has 2 aromatic rings. The Balaban J connectivity index is 1.53. The summed E-state index contributed by atoms with van der Waals surface area (Å²) in [7, 11) is -1.77. The molecule has 0 radical (unpaired) electrons. The monoisotopic (exact) mass is 349 g/mol. The first-order valence-corrected chi connectivity index (χ1v) is 9.58. The largest absolute Gasteiger partial charge is 0.454 e. The fourth-order valence-electron chi connectivity index (χ4n) is 3.42. The molecule has 0 aliphatic carbocycles. The average Bonchev–Trinajstić information content (AvgIpc) is 3.05. The Labute approximate surface area is 141 Å². The molecule has 1 aromatic heterocycles. The third-order valence-corrected chi connectivity index (χ3v) is 5.42. The van der Waals surface area contributed by atoms with E-state index in [9.17, 15) is 0 Å². The molecule has 1 saturated heterocycles. The van der Waals surface area contributed by atoms with Gasteiger partial charge in [-0.2, -0.15) is 0 Å². The molecule has 4 rings (SSSR count). The van der Waals surface area contributed by atoms with E-state index in [4.69, 9.17) is 19.3 Å². The number of ether oxygens (including phenoxy) is 2. The average molecular weight is 349 g/mol. The third kappa shape index (κ3) is 3.11. The van der Waals surface area contributed by atoms with Gasteiger partial charge in [0, 0.05) is 30.7 Å². The molecule has 0 spiro atoms. The molecule has 3 heterocycles. The zero-order chi connectivity index (χ0) is 16.5. The van der Waals surface area contributed by atoms with E-state index in [-0.39, 0.29) is 6.79 Å². The molecule has 2 aliphatic heterocycles. The topological polar surface area (TPSA) is 87.9 Å². The lowest BCUT2D eigenvalue weighted by atomic mass is 9.94. The van der Waals surface area contributed by atoms with Crippen LogP contribution in [0.15, 0.2) is 18.5 Å². The van der Waals surface area contributed by atoms with E-state index in [0.717, 1.165) is 60.6 Å². The van der Waals surface area contributed by atoms with Crippen molar-refractivity contribution in [3.8, 4) is 11.5 Å². The maximum absolute atomic E-state index is 9.08. The minimum absolute atomic E-state index is 0.248. The van der Waals surface area contributed by atoms with Gasteiger partial charge in [0.1, 0.15) is 12.1 Å². The maximum Gasteiger partial charge on any atom is 0.231 e. The van der Waals surface area contributed by atoms with Crippen LogP contribution in [0.3, 0.4) is 0 Å². The van der Waals surface area contributed by atoms with Gasteiger partial charge in [-0.05, 0) is 31.2 Å². The van der Waals surface area contributed by atoms with Crippen LogP contribution in [0.1, 0.15) is 19.3 Å². The van der Waals surface area contributed by atoms with Gasteiger partial charge in [0.2, 0.25) is 6.79 Å². The summed E-state index contributed by atoms with van der Waals surface area (Å²) in [6, 6.07) is 3.87. The first-order valence-electron chi connectivity index (χ1n) is 8.15. The molecular formula is C16H20N3O4P. The van der Waals surface area contributed by atoms with E-state index >= 15 is 0 Å². The molecule has 24 heavy (non-hydrogen) atoms. The van der Waals surface area contributed by atoms with E-state index in [1.165, 1.54) is 0 Å². The number of benzene rings is 1. The minimum Gasteiger partial charge on any atom is -0.454 e. The van der Waals surface area contributed by atoms with Gasteiger partial charge >= 0.3 is 0 Å². The molecule has 2 aliphatic rings. The first kappa shape index (κ1) is 15.8. The van der Waals surface area contributed by atoms with E-state index in [2.05, 4.69) is 14.9 Å². The summed E-state index contributed by atoms with van der Waals surface area (Å²) in [6.07, 6.45) is 5.07. The highest BCUT2D eigenvalue weighted by atomic mass is 31.2. The number of aromatic nitrogens is 2. The Morgan fingerprint density at radius 1 is 1.12 bits per heavy atom. The molecule has 0 atom stereocenters. The molecule has 128 valence electrons. The molecule has 8 heteroatoms. The molecule has 0 bridgehead atoms. The number of anilines is 1. The zero-order valence-electron chi connectivity index (χ0n) is 13.3. The van der Waals surface area contributed by atoms with Crippen molar-refractivity contribution in [3.05, 3.63) is 18.5 Å². The second kappa shape index (κ2) is 6.67. The van der Waals surface area contributed by atoms with Gasteiger partial charge in [-0.15, -0.1) is 0 Å². The molecule has 1 aromatic carbocycles. The molecule has 0 unspecified atom stereocenters. The third-order valence-electron chi connectivity index (χ3n) is 4.76. The molecular weight excluding hydrogens is 329 g/mol. The van der Waals surface area contributed by atoms with Crippen LogP contribution in [0.4, 0.5) is 5.82 Å². The highest BCUT2D eigenvalue weighted by Gasteiger charge is 2.23. The zero-order valence-corrected chi connectivity index (χ0v) is 14.2. The summed E-state index contributed by atoms with van der Waals surface area (Å²) in [5, 5.41) is 0.981. The summed E-state index contributed by atoms with van der Waals surface area (Å²) in [6.45, 7) is 2.08. The number of hydrogen-bond donors (Lipinski definition) is 2. The summed E-state index contributed by atoms with van der Waals surface area (Å²) in [4.78, 5) is 29.3. The highest BCUT2D eigenvalue weighted by Crippen LogP contribution is 2.38. The van der Waals surface area contributed by atoms with Crippen LogP contribution in [0.5, 0.6) is 11.5 Å². The SMILES string of the molecule is OP(O)CCC1CCN(c2ncnc3cc4c(cc23)OCO4)CC1.